The van der Waals surface area contributed by atoms with E-state index in [0.717, 1.165) is 10.6 Å². The first-order chi connectivity index (χ1) is 3.71. The van der Waals surface area contributed by atoms with Gasteiger partial charge in [-0.2, -0.15) is 0 Å². The summed E-state index contributed by atoms with van der Waals surface area (Å²) in [4.78, 5) is 0. The molecule has 0 bridgehead atoms. The molecule has 0 amide bonds. The van der Waals surface area contributed by atoms with Gasteiger partial charge in [0.25, 0.3) is 0 Å². The first-order valence-corrected chi connectivity index (χ1v) is 5.15. The van der Waals surface area contributed by atoms with Crippen molar-refractivity contribution in [1.29, 1.82) is 0 Å². The van der Waals surface area contributed by atoms with E-state index in [-0.39, 0.29) is 0 Å². The third kappa shape index (κ3) is 1.75. The zero-order valence-electron chi connectivity index (χ0n) is 4.63. The summed E-state index contributed by atoms with van der Waals surface area (Å²) in [5.41, 5.74) is 0. The Morgan fingerprint density at radius 1 is 1.12 bits per heavy atom. The molecule has 0 saturated carbocycles. The molecule has 2 nitrogen and oxygen atoms in total. The molecule has 3 heteroatoms. The summed E-state index contributed by atoms with van der Waals surface area (Å²) in [6, 6.07) is 0. The average molecular weight is 181 g/mol. The third-order valence-electron chi connectivity index (χ3n) is 1.29. The van der Waals surface area contributed by atoms with Gasteiger partial charge < -0.3 is 0 Å². The fraction of sp³-hybridized carbons (Fsp3) is 1.00. The van der Waals surface area contributed by atoms with Crippen LogP contribution in [0.1, 0.15) is 12.8 Å². The molecule has 0 atom stereocenters. The van der Waals surface area contributed by atoms with Crippen LogP contribution in [0.15, 0.2) is 0 Å². The normalized spacial score (nSPS) is 27.8. The molecule has 0 aromatic heterocycles. The van der Waals surface area contributed by atoms with Crippen LogP contribution in [0.25, 0.3) is 0 Å². The van der Waals surface area contributed by atoms with Gasteiger partial charge in [0.2, 0.25) is 0 Å². The van der Waals surface area contributed by atoms with E-state index < -0.39 is 5.79 Å². The molecule has 0 radical (unpaired) electrons. The van der Waals surface area contributed by atoms with Gasteiger partial charge in [-0.15, -0.1) is 0 Å². The summed E-state index contributed by atoms with van der Waals surface area (Å²) in [6.45, 7) is 0. The van der Waals surface area contributed by atoms with Crippen LogP contribution in [0.4, 0.5) is 0 Å². The first-order valence-electron chi connectivity index (χ1n) is 2.73. The standard InChI is InChI=1S/C5H10O2Se/c6-5(7)1-3-8-4-2-5/h6-7H,1-4H2. The van der Waals surface area contributed by atoms with E-state index in [4.69, 9.17) is 10.2 Å². The van der Waals surface area contributed by atoms with Crippen molar-refractivity contribution in [3.8, 4) is 0 Å². The van der Waals surface area contributed by atoms with Gasteiger partial charge in [-0.25, -0.2) is 0 Å². The molecule has 0 aromatic carbocycles. The zero-order valence-corrected chi connectivity index (χ0v) is 6.34. The Hall–Kier alpha value is 0.439. The molecule has 8 heavy (non-hydrogen) atoms. The number of hydrogen-bond donors (Lipinski definition) is 2. The minimum absolute atomic E-state index is 0.590. The van der Waals surface area contributed by atoms with Gasteiger partial charge in [0.15, 0.2) is 0 Å². The van der Waals surface area contributed by atoms with Crippen LogP contribution in [0, 0.1) is 0 Å². The number of rotatable bonds is 0. The summed E-state index contributed by atoms with van der Waals surface area (Å²) < 4.78 is 0. The van der Waals surface area contributed by atoms with Crippen LogP contribution < -0.4 is 0 Å². The van der Waals surface area contributed by atoms with Gasteiger partial charge in [-0.3, -0.25) is 0 Å². The molecule has 2 N–H and O–H groups in total. The molecule has 0 aliphatic carbocycles. The van der Waals surface area contributed by atoms with E-state index in [9.17, 15) is 0 Å². The van der Waals surface area contributed by atoms with Crippen LogP contribution in [-0.2, 0) is 0 Å². The second-order valence-electron chi connectivity index (χ2n) is 2.09. The maximum atomic E-state index is 8.94. The van der Waals surface area contributed by atoms with Crippen molar-refractivity contribution < 1.29 is 10.2 Å². The first kappa shape index (κ1) is 6.56. The topological polar surface area (TPSA) is 40.5 Å². The Morgan fingerprint density at radius 2 is 1.62 bits per heavy atom. The Kier molecular flexibility index (Phi) is 1.93. The quantitative estimate of drug-likeness (QED) is 0.408. The van der Waals surface area contributed by atoms with E-state index in [2.05, 4.69) is 0 Å². The summed E-state index contributed by atoms with van der Waals surface area (Å²) in [5.74, 6) is -1.31. The molecule has 1 aliphatic heterocycles. The SMILES string of the molecule is OC1(O)CC[Se]CC1. The second kappa shape index (κ2) is 2.36. The van der Waals surface area contributed by atoms with Crippen LogP contribution in [0.2, 0.25) is 10.6 Å². The van der Waals surface area contributed by atoms with Gasteiger partial charge in [0.05, 0.1) is 0 Å². The fourth-order valence-corrected chi connectivity index (χ4v) is 3.10. The molecule has 1 aliphatic rings. The summed E-state index contributed by atoms with van der Waals surface area (Å²) in [7, 11) is 0. The van der Waals surface area contributed by atoms with Crippen molar-refractivity contribution in [2.45, 2.75) is 29.3 Å². The van der Waals surface area contributed by atoms with Gasteiger partial charge in [-0.05, 0) is 0 Å². The van der Waals surface area contributed by atoms with Crippen molar-refractivity contribution in [2.24, 2.45) is 0 Å². The number of aliphatic hydroxyl groups is 2. The van der Waals surface area contributed by atoms with E-state index in [1.165, 1.54) is 0 Å². The average Bonchev–Trinajstić information content (AvgIpc) is 1.65. The van der Waals surface area contributed by atoms with E-state index >= 15 is 0 Å². The molecule has 0 spiro atoms. The molecule has 1 rings (SSSR count). The molecule has 1 fully saturated rings. The summed E-state index contributed by atoms with van der Waals surface area (Å²) >= 11 is 0.689. The van der Waals surface area contributed by atoms with Crippen molar-refractivity contribution in [3.05, 3.63) is 0 Å². The van der Waals surface area contributed by atoms with Gasteiger partial charge in [-0.1, -0.05) is 0 Å². The Morgan fingerprint density at radius 3 is 1.88 bits per heavy atom. The van der Waals surface area contributed by atoms with Crippen LogP contribution in [0.5, 0.6) is 0 Å². The van der Waals surface area contributed by atoms with E-state index in [1.807, 2.05) is 0 Å². The minimum atomic E-state index is -1.31. The van der Waals surface area contributed by atoms with Crippen LogP contribution in [-0.4, -0.2) is 31.0 Å². The number of hydrogen-bond acceptors (Lipinski definition) is 2. The van der Waals surface area contributed by atoms with E-state index in [0.29, 0.717) is 27.8 Å². The zero-order chi connectivity index (χ0) is 6.04. The Bertz CT molecular complexity index is 74.5. The van der Waals surface area contributed by atoms with Crippen molar-refractivity contribution >= 4 is 15.0 Å². The monoisotopic (exact) mass is 182 g/mol. The predicted octanol–water partition coefficient (Wildman–Crippen LogP) is 0.00190. The third-order valence-corrected chi connectivity index (χ3v) is 3.36. The van der Waals surface area contributed by atoms with E-state index in [1.54, 1.807) is 0 Å². The Labute approximate surface area is 55.1 Å². The fourth-order valence-electron chi connectivity index (χ4n) is 0.698. The van der Waals surface area contributed by atoms with Crippen LogP contribution in [0.3, 0.4) is 0 Å². The molecule has 0 aromatic rings. The van der Waals surface area contributed by atoms with Crippen molar-refractivity contribution in [2.75, 3.05) is 0 Å². The van der Waals surface area contributed by atoms with Gasteiger partial charge in [0.1, 0.15) is 0 Å². The summed E-state index contributed by atoms with van der Waals surface area (Å²) in [6.07, 6.45) is 1.18. The molecule has 1 heterocycles. The second-order valence-corrected chi connectivity index (χ2v) is 4.66. The molecule has 1 saturated heterocycles. The molecular weight excluding hydrogens is 171 g/mol. The molecule has 48 valence electrons. The summed E-state index contributed by atoms with van der Waals surface area (Å²) in [5, 5.41) is 19.9. The van der Waals surface area contributed by atoms with Gasteiger partial charge >= 0.3 is 54.4 Å². The van der Waals surface area contributed by atoms with Crippen molar-refractivity contribution in [3.63, 3.8) is 0 Å². The Balaban J connectivity index is 2.33. The molecule has 0 unspecified atom stereocenters. The maximum absolute atomic E-state index is 8.94. The predicted molar refractivity (Wildman–Crippen MR) is 31.8 cm³/mol. The van der Waals surface area contributed by atoms with Gasteiger partial charge in [0, 0.05) is 0 Å². The van der Waals surface area contributed by atoms with Crippen molar-refractivity contribution in [1.82, 2.24) is 0 Å². The van der Waals surface area contributed by atoms with Crippen LogP contribution >= 0.6 is 0 Å². The molecular formula is C5H10O2Se.